The van der Waals surface area contributed by atoms with Gasteiger partial charge in [-0.3, -0.25) is 4.79 Å². The molecule has 0 fully saturated rings. The van der Waals surface area contributed by atoms with Crippen LogP contribution in [0.25, 0.3) is 10.9 Å². The molecule has 0 aliphatic heterocycles. The first kappa shape index (κ1) is 21.5. The molecule has 158 valence electrons. The van der Waals surface area contributed by atoms with Gasteiger partial charge in [0.2, 0.25) is 5.43 Å². The second-order valence-electron chi connectivity index (χ2n) is 8.36. The molecular weight excluding hydrogens is 387 g/mol. The van der Waals surface area contributed by atoms with Crippen LogP contribution in [0.4, 0.5) is 10.1 Å². The number of carboxylic acid groups (broad SMARTS) is 1. The molecule has 0 radical (unpaired) electrons. The second kappa shape index (κ2) is 8.28. The predicted octanol–water partition coefficient (Wildman–Crippen LogP) is 4.03. The quantitative estimate of drug-likeness (QED) is 0.569. The van der Waals surface area contributed by atoms with Gasteiger partial charge >= 0.3 is 5.97 Å². The van der Waals surface area contributed by atoms with Crippen molar-refractivity contribution in [2.24, 2.45) is 5.41 Å². The van der Waals surface area contributed by atoms with E-state index >= 15 is 0 Å². The molecule has 1 heterocycles. The third-order valence-electron chi connectivity index (χ3n) is 5.18. The Hall–Kier alpha value is -3.19. The number of halogens is 1. The molecule has 3 N–H and O–H groups in total. The van der Waals surface area contributed by atoms with Crippen LogP contribution in [0.15, 0.2) is 53.5 Å². The number of fused-ring (bicyclic) bond motifs is 1. The fourth-order valence-electron chi connectivity index (χ4n) is 3.46. The molecule has 3 aromatic rings. The van der Waals surface area contributed by atoms with Crippen LogP contribution in [0.2, 0.25) is 0 Å². The molecule has 7 heteroatoms. The van der Waals surface area contributed by atoms with Crippen molar-refractivity contribution in [2.75, 3.05) is 11.9 Å². The second-order valence-corrected chi connectivity index (χ2v) is 8.36. The van der Waals surface area contributed by atoms with Crippen LogP contribution < -0.4 is 10.7 Å². The van der Waals surface area contributed by atoms with Gasteiger partial charge in [-0.1, -0.05) is 32.9 Å². The van der Waals surface area contributed by atoms with E-state index < -0.39 is 17.4 Å². The smallest absolute Gasteiger partial charge is 0.341 e. The minimum Gasteiger partial charge on any atom is -0.477 e. The van der Waals surface area contributed by atoms with E-state index in [2.05, 4.69) is 5.32 Å². The number of aromatic nitrogens is 1. The van der Waals surface area contributed by atoms with E-state index in [0.717, 1.165) is 5.56 Å². The lowest BCUT2D eigenvalue weighted by molar-refractivity contribution is 0.0692. The lowest BCUT2D eigenvalue weighted by Gasteiger charge is -2.32. The van der Waals surface area contributed by atoms with E-state index in [0.29, 0.717) is 17.7 Å². The average Bonchev–Trinajstić information content (AvgIpc) is 2.68. The fourth-order valence-corrected chi connectivity index (χ4v) is 3.46. The normalized spacial score (nSPS) is 12.7. The minimum absolute atomic E-state index is 0.203. The number of aliphatic hydroxyl groups excluding tert-OH is 1. The number of pyridine rings is 1. The molecule has 3 rings (SSSR count). The summed E-state index contributed by atoms with van der Waals surface area (Å²) in [6.07, 6.45) is 1.31. The Bertz CT molecular complexity index is 1130. The van der Waals surface area contributed by atoms with Gasteiger partial charge in [-0.2, -0.15) is 0 Å². The standard InChI is InChI=1S/C23H25FN2O4/c1-23(2,3)20(13-27)26-12-18(22(29)30)21(28)17-10-16(8-9-19(17)26)25-11-14-4-6-15(24)7-5-14/h4-10,12,20,25,27H,11,13H2,1-3H3,(H,29,30)/t20-/m1/s1. The summed E-state index contributed by atoms with van der Waals surface area (Å²) in [5.74, 6) is -1.63. The minimum atomic E-state index is -1.31. The van der Waals surface area contributed by atoms with Gasteiger partial charge in [0.1, 0.15) is 11.4 Å². The van der Waals surface area contributed by atoms with E-state index in [1.165, 1.54) is 18.3 Å². The van der Waals surface area contributed by atoms with Gasteiger partial charge in [0.15, 0.2) is 0 Å². The van der Waals surface area contributed by atoms with Gasteiger partial charge in [0.25, 0.3) is 0 Å². The molecule has 0 aliphatic rings. The number of rotatable bonds is 6. The first-order chi connectivity index (χ1) is 14.1. The third kappa shape index (κ3) is 4.36. The van der Waals surface area contributed by atoms with Crippen molar-refractivity contribution in [1.82, 2.24) is 4.57 Å². The zero-order chi connectivity index (χ0) is 22.1. The van der Waals surface area contributed by atoms with Gasteiger partial charge in [0, 0.05) is 23.8 Å². The Kier molecular flexibility index (Phi) is 5.94. The predicted molar refractivity (Wildman–Crippen MR) is 114 cm³/mol. The van der Waals surface area contributed by atoms with Gasteiger partial charge in [-0.05, 0) is 41.3 Å². The number of nitrogens with one attached hydrogen (secondary N) is 1. The van der Waals surface area contributed by atoms with Crippen molar-refractivity contribution >= 4 is 22.6 Å². The Morgan fingerprint density at radius 2 is 1.83 bits per heavy atom. The maximum Gasteiger partial charge on any atom is 0.341 e. The number of anilines is 1. The van der Waals surface area contributed by atoms with Crippen molar-refractivity contribution in [3.63, 3.8) is 0 Å². The molecule has 0 bridgehead atoms. The Balaban J connectivity index is 2.09. The number of aromatic carboxylic acids is 1. The highest BCUT2D eigenvalue weighted by Crippen LogP contribution is 2.33. The van der Waals surface area contributed by atoms with Crippen LogP contribution in [0.5, 0.6) is 0 Å². The molecular formula is C23H25FN2O4. The van der Waals surface area contributed by atoms with Crippen LogP contribution in [-0.2, 0) is 6.54 Å². The highest BCUT2D eigenvalue weighted by Gasteiger charge is 2.28. The molecule has 0 unspecified atom stereocenters. The topological polar surface area (TPSA) is 91.6 Å². The summed E-state index contributed by atoms with van der Waals surface area (Å²) in [5, 5.41) is 22.9. The molecule has 6 nitrogen and oxygen atoms in total. The molecule has 30 heavy (non-hydrogen) atoms. The molecule has 2 aromatic carbocycles. The van der Waals surface area contributed by atoms with Crippen molar-refractivity contribution < 1.29 is 19.4 Å². The molecule has 1 atom stereocenters. The number of benzene rings is 2. The zero-order valence-electron chi connectivity index (χ0n) is 17.1. The number of carbonyl (C=O) groups is 1. The summed E-state index contributed by atoms with van der Waals surface area (Å²) in [7, 11) is 0. The fraction of sp³-hybridized carbons (Fsp3) is 0.304. The molecule has 0 aliphatic carbocycles. The number of nitrogens with zero attached hydrogens (tertiary/aromatic N) is 1. The number of hydrogen-bond acceptors (Lipinski definition) is 4. The summed E-state index contributed by atoms with van der Waals surface area (Å²) in [4.78, 5) is 24.5. The zero-order valence-corrected chi connectivity index (χ0v) is 17.1. The SMILES string of the molecule is CC(C)(C)[C@@H](CO)n1cc(C(=O)O)c(=O)c2cc(NCc3ccc(F)cc3)ccc21. The molecule has 1 aromatic heterocycles. The monoisotopic (exact) mass is 412 g/mol. The van der Waals surface area contributed by atoms with Crippen LogP contribution in [0.3, 0.4) is 0 Å². The van der Waals surface area contributed by atoms with Crippen LogP contribution >= 0.6 is 0 Å². The van der Waals surface area contributed by atoms with Gasteiger partial charge in [-0.15, -0.1) is 0 Å². The van der Waals surface area contributed by atoms with E-state index in [1.54, 1.807) is 34.9 Å². The van der Waals surface area contributed by atoms with Crippen molar-refractivity contribution in [3.8, 4) is 0 Å². The van der Waals surface area contributed by atoms with Crippen molar-refractivity contribution in [2.45, 2.75) is 33.4 Å². The molecule has 0 saturated carbocycles. The van der Waals surface area contributed by atoms with Crippen molar-refractivity contribution in [3.05, 3.63) is 75.8 Å². The average molecular weight is 412 g/mol. The summed E-state index contributed by atoms with van der Waals surface area (Å²) in [5.41, 5.74) is 0.749. The molecule has 0 saturated heterocycles. The lowest BCUT2D eigenvalue weighted by Crippen LogP contribution is -2.30. The maximum atomic E-state index is 13.1. The highest BCUT2D eigenvalue weighted by molar-refractivity contribution is 5.93. The first-order valence-electron chi connectivity index (χ1n) is 9.63. The molecule has 0 spiro atoms. The van der Waals surface area contributed by atoms with Crippen LogP contribution in [0, 0.1) is 11.2 Å². The summed E-state index contributed by atoms with van der Waals surface area (Å²) in [6, 6.07) is 10.8. The summed E-state index contributed by atoms with van der Waals surface area (Å²) >= 11 is 0. The number of hydrogen-bond donors (Lipinski definition) is 3. The summed E-state index contributed by atoms with van der Waals surface area (Å²) in [6.45, 7) is 6.04. The Morgan fingerprint density at radius 3 is 2.40 bits per heavy atom. The van der Waals surface area contributed by atoms with Crippen LogP contribution in [-0.4, -0.2) is 27.4 Å². The largest absolute Gasteiger partial charge is 0.477 e. The maximum absolute atomic E-state index is 13.1. The number of aliphatic hydroxyl groups is 1. The highest BCUT2D eigenvalue weighted by atomic mass is 19.1. The van der Waals surface area contributed by atoms with Crippen molar-refractivity contribution in [1.29, 1.82) is 0 Å². The van der Waals surface area contributed by atoms with Gasteiger partial charge < -0.3 is 20.1 Å². The van der Waals surface area contributed by atoms with Crippen LogP contribution in [0.1, 0.15) is 42.7 Å². The molecule has 0 amide bonds. The van der Waals surface area contributed by atoms with E-state index in [-0.39, 0.29) is 28.8 Å². The lowest BCUT2D eigenvalue weighted by atomic mass is 9.86. The number of carboxylic acids is 1. The Labute approximate surface area is 173 Å². The Morgan fingerprint density at radius 1 is 1.17 bits per heavy atom. The third-order valence-corrected chi connectivity index (χ3v) is 5.18. The van der Waals surface area contributed by atoms with Gasteiger partial charge in [-0.25, -0.2) is 9.18 Å². The first-order valence-corrected chi connectivity index (χ1v) is 9.63. The summed E-state index contributed by atoms with van der Waals surface area (Å²) < 4.78 is 14.7. The van der Waals surface area contributed by atoms with Gasteiger partial charge in [0.05, 0.1) is 18.2 Å². The van der Waals surface area contributed by atoms with E-state index in [4.69, 9.17) is 0 Å². The van der Waals surface area contributed by atoms with E-state index in [9.17, 15) is 24.2 Å². The van der Waals surface area contributed by atoms with E-state index in [1.807, 2.05) is 20.8 Å².